The summed E-state index contributed by atoms with van der Waals surface area (Å²) in [4.78, 5) is 16.1. The van der Waals surface area contributed by atoms with Crippen molar-refractivity contribution in [2.24, 2.45) is 0 Å². The van der Waals surface area contributed by atoms with Gasteiger partial charge in [0.15, 0.2) is 0 Å². The summed E-state index contributed by atoms with van der Waals surface area (Å²) in [6, 6.07) is 6.27. The number of ether oxygens (including phenoxy) is 2. The smallest absolute Gasteiger partial charge is 0.335 e. The summed E-state index contributed by atoms with van der Waals surface area (Å²) in [6.45, 7) is 5.41. The van der Waals surface area contributed by atoms with Crippen LogP contribution in [0.3, 0.4) is 0 Å². The molecule has 2 heterocycles. The number of carbonyl (C=O) groups excluding carboxylic acids is 1. The van der Waals surface area contributed by atoms with Crippen molar-refractivity contribution in [1.29, 1.82) is 0 Å². The Morgan fingerprint density at radius 3 is 2.93 bits per heavy atom. The van der Waals surface area contributed by atoms with Crippen molar-refractivity contribution in [1.82, 2.24) is 10.3 Å². The zero-order valence-electron chi connectivity index (χ0n) is 16.5. The van der Waals surface area contributed by atoms with Gasteiger partial charge in [0.2, 0.25) is 0 Å². The second-order valence-corrected chi connectivity index (χ2v) is 7.92. The standard InChI is InChI=1S/C21H26BrN3O3/c1-13(5-4-7-23-14(2)18-6-8-28-21(18)26)25-19-11-17(27-3)10-15-9-16(22)12-24-20(15)19/h9-13,23,25H,4-8H2,1-3H3/b18-14-. The number of benzene rings is 1. The third-order valence-corrected chi connectivity index (χ3v) is 5.28. The van der Waals surface area contributed by atoms with E-state index in [0.29, 0.717) is 13.0 Å². The van der Waals surface area contributed by atoms with Gasteiger partial charge in [-0.3, -0.25) is 4.98 Å². The van der Waals surface area contributed by atoms with Crippen LogP contribution in [0.5, 0.6) is 5.75 Å². The molecule has 0 amide bonds. The Labute approximate surface area is 173 Å². The van der Waals surface area contributed by atoms with Gasteiger partial charge in [0.1, 0.15) is 5.75 Å². The molecule has 1 atom stereocenters. The number of rotatable bonds is 8. The molecule has 150 valence electrons. The van der Waals surface area contributed by atoms with Gasteiger partial charge in [-0.25, -0.2) is 4.79 Å². The maximum absolute atomic E-state index is 11.6. The minimum atomic E-state index is -0.191. The first-order valence-corrected chi connectivity index (χ1v) is 10.3. The summed E-state index contributed by atoms with van der Waals surface area (Å²) in [5.41, 5.74) is 3.59. The minimum Gasteiger partial charge on any atom is -0.497 e. The first kappa shape index (κ1) is 20.5. The van der Waals surface area contributed by atoms with Crippen LogP contribution in [0, 0.1) is 0 Å². The fraction of sp³-hybridized carbons (Fsp3) is 0.429. The number of nitrogens with one attached hydrogen (secondary N) is 2. The number of fused-ring (bicyclic) bond motifs is 1. The Hall–Kier alpha value is -2.28. The third kappa shape index (κ3) is 4.95. The number of nitrogens with zero attached hydrogens (tertiary/aromatic N) is 1. The van der Waals surface area contributed by atoms with E-state index in [1.54, 1.807) is 13.3 Å². The maximum Gasteiger partial charge on any atom is 0.335 e. The normalized spacial score (nSPS) is 16.6. The molecule has 1 aromatic carbocycles. The highest BCUT2D eigenvalue weighted by Crippen LogP contribution is 2.30. The van der Waals surface area contributed by atoms with E-state index in [4.69, 9.17) is 9.47 Å². The van der Waals surface area contributed by atoms with Gasteiger partial charge in [0.05, 0.1) is 30.5 Å². The van der Waals surface area contributed by atoms with Crippen LogP contribution in [-0.4, -0.2) is 37.3 Å². The van der Waals surface area contributed by atoms with Crippen LogP contribution in [0.1, 0.15) is 33.1 Å². The number of pyridine rings is 1. The predicted molar refractivity (Wildman–Crippen MR) is 115 cm³/mol. The van der Waals surface area contributed by atoms with Crippen molar-refractivity contribution in [2.45, 2.75) is 39.2 Å². The lowest BCUT2D eigenvalue weighted by atomic mass is 10.1. The molecule has 1 fully saturated rings. The molecule has 1 unspecified atom stereocenters. The zero-order chi connectivity index (χ0) is 20.1. The number of aromatic nitrogens is 1. The average Bonchev–Trinajstić information content (AvgIpc) is 3.10. The summed E-state index contributed by atoms with van der Waals surface area (Å²) >= 11 is 3.47. The number of halogens is 1. The van der Waals surface area contributed by atoms with Crippen LogP contribution in [0.4, 0.5) is 5.69 Å². The molecule has 1 aromatic heterocycles. The molecule has 1 saturated heterocycles. The summed E-state index contributed by atoms with van der Waals surface area (Å²) in [6.07, 6.45) is 4.46. The van der Waals surface area contributed by atoms with Crippen LogP contribution in [0.2, 0.25) is 0 Å². The Morgan fingerprint density at radius 1 is 1.39 bits per heavy atom. The molecule has 1 aliphatic rings. The van der Waals surface area contributed by atoms with E-state index in [0.717, 1.165) is 57.5 Å². The first-order chi connectivity index (χ1) is 13.5. The van der Waals surface area contributed by atoms with Gasteiger partial charge < -0.3 is 20.1 Å². The second kappa shape index (κ2) is 9.28. The highest BCUT2D eigenvalue weighted by atomic mass is 79.9. The summed E-state index contributed by atoms with van der Waals surface area (Å²) in [5.74, 6) is 0.610. The molecule has 3 rings (SSSR count). The van der Waals surface area contributed by atoms with E-state index in [2.05, 4.69) is 38.5 Å². The van der Waals surface area contributed by atoms with Crippen LogP contribution in [0.15, 0.2) is 40.1 Å². The van der Waals surface area contributed by atoms with Gasteiger partial charge in [-0.15, -0.1) is 0 Å². The largest absolute Gasteiger partial charge is 0.497 e. The average molecular weight is 448 g/mol. The quantitative estimate of drug-likeness (QED) is 0.355. The number of hydrogen-bond acceptors (Lipinski definition) is 6. The topological polar surface area (TPSA) is 72.5 Å². The van der Waals surface area contributed by atoms with E-state index in [-0.39, 0.29) is 12.0 Å². The number of hydrogen-bond donors (Lipinski definition) is 2. The lowest BCUT2D eigenvalue weighted by molar-refractivity contribution is -0.135. The number of methoxy groups -OCH3 is 1. The fourth-order valence-corrected chi connectivity index (χ4v) is 3.68. The summed E-state index contributed by atoms with van der Waals surface area (Å²) in [5, 5.41) is 7.92. The van der Waals surface area contributed by atoms with Gasteiger partial charge in [0, 0.05) is 46.8 Å². The molecule has 0 aliphatic carbocycles. The Balaban J connectivity index is 1.57. The van der Waals surface area contributed by atoms with Gasteiger partial charge in [0.25, 0.3) is 0 Å². The van der Waals surface area contributed by atoms with Crippen molar-refractivity contribution in [3.63, 3.8) is 0 Å². The molecule has 28 heavy (non-hydrogen) atoms. The van der Waals surface area contributed by atoms with Crippen LogP contribution in [0.25, 0.3) is 10.9 Å². The molecule has 0 spiro atoms. The highest BCUT2D eigenvalue weighted by Gasteiger charge is 2.21. The van der Waals surface area contributed by atoms with E-state index < -0.39 is 0 Å². The Kier molecular flexibility index (Phi) is 6.78. The number of esters is 1. The molecular weight excluding hydrogens is 422 g/mol. The van der Waals surface area contributed by atoms with Crippen LogP contribution >= 0.6 is 15.9 Å². The molecule has 1 aliphatic heterocycles. The molecule has 6 nitrogen and oxygen atoms in total. The second-order valence-electron chi connectivity index (χ2n) is 7.00. The van der Waals surface area contributed by atoms with Crippen molar-refractivity contribution in [2.75, 3.05) is 25.6 Å². The van der Waals surface area contributed by atoms with E-state index in [9.17, 15) is 4.79 Å². The van der Waals surface area contributed by atoms with E-state index in [1.165, 1.54) is 0 Å². The molecule has 2 N–H and O–H groups in total. The van der Waals surface area contributed by atoms with Gasteiger partial charge in [-0.05, 0) is 54.8 Å². The van der Waals surface area contributed by atoms with Crippen LogP contribution < -0.4 is 15.4 Å². The minimum absolute atomic E-state index is 0.191. The molecule has 0 saturated carbocycles. The SMILES string of the molecule is COc1cc(NC(C)CCCN/C(C)=C2/CCOC2=O)c2ncc(Br)cc2c1. The lowest BCUT2D eigenvalue weighted by Crippen LogP contribution is -2.20. The van der Waals surface area contributed by atoms with Crippen molar-refractivity contribution in [3.05, 3.63) is 40.1 Å². The predicted octanol–water partition coefficient (Wildman–Crippen LogP) is 4.40. The first-order valence-electron chi connectivity index (χ1n) is 9.48. The molecular formula is C21H26BrN3O3. The molecule has 0 radical (unpaired) electrons. The number of allylic oxidation sites excluding steroid dienone is 1. The highest BCUT2D eigenvalue weighted by molar-refractivity contribution is 9.10. The number of carbonyl (C=O) groups is 1. The van der Waals surface area contributed by atoms with E-state index >= 15 is 0 Å². The zero-order valence-corrected chi connectivity index (χ0v) is 18.1. The maximum atomic E-state index is 11.6. The van der Waals surface area contributed by atoms with Crippen molar-refractivity contribution in [3.8, 4) is 5.75 Å². The van der Waals surface area contributed by atoms with Crippen molar-refractivity contribution >= 4 is 38.5 Å². The third-order valence-electron chi connectivity index (χ3n) is 4.85. The molecule has 7 heteroatoms. The van der Waals surface area contributed by atoms with Gasteiger partial charge in [-0.1, -0.05) is 0 Å². The molecule has 0 bridgehead atoms. The molecule has 2 aromatic rings. The summed E-state index contributed by atoms with van der Waals surface area (Å²) in [7, 11) is 1.67. The van der Waals surface area contributed by atoms with Gasteiger partial charge >= 0.3 is 5.97 Å². The van der Waals surface area contributed by atoms with Gasteiger partial charge in [-0.2, -0.15) is 0 Å². The number of cyclic esters (lactones) is 1. The summed E-state index contributed by atoms with van der Waals surface area (Å²) < 4.78 is 11.4. The Morgan fingerprint density at radius 2 is 2.21 bits per heavy atom. The van der Waals surface area contributed by atoms with Crippen molar-refractivity contribution < 1.29 is 14.3 Å². The lowest BCUT2D eigenvalue weighted by Gasteiger charge is -2.18. The Bertz CT molecular complexity index is 898. The van der Waals surface area contributed by atoms with Crippen LogP contribution in [-0.2, 0) is 9.53 Å². The fourth-order valence-electron chi connectivity index (χ4n) is 3.33. The van der Waals surface area contributed by atoms with E-state index in [1.807, 2.05) is 25.1 Å². The monoisotopic (exact) mass is 447 g/mol. The number of anilines is 1.